The molecule has 1 aliphatic heterocycles. The molecular weight excluding hydrogens is 360 g/mol. The van der Waals surface area contributed by atoms with E-state index < -0.39 is 0 Å². The van der Waals surface area contributed by atoms with Crippen LogP contribution in [0.4, 0.5) is 0 Å². The molecule has 0 bridgehead atoms. The predicted molar refractivity (Wildman–Crippen MR) is 102 cm³/mol. The lowest BCUT2D eigenvalue weighted by Crippen LogP contribution is -2.44. The van der Waals surface area contributed by atoms with Crippen molar-refractivity contribution in [2.24, 2.45) is 7.05 Å². The van der Waals surface area contributed by atoms with E-state index in [9.17, 15) is 9.59 Å². The number of pyridine rings is 1. The van der Waals surface area contributed by atoms with Crippen LogP contribution >= 0.6 is 0 Å². The summed E-state index contributed by atoms with van der Waals surface area (Å²) in [6, 6.07) is 3.83. The average Bonchev–Trinajstić information content (AvgIpc) is 3.08. The van der Waals surface area contributed by atoms with Crippen LogP contribution in [0.5, 0.6) is 5.88 Å². The van der Waals surface area contributed by atoms with Crippen molar-refractivity contribution in [2.75, 3.05) is 13.1 Å². The Bertz CT molecular complexity index is 1050. The molecule has 1 aliphatic rings. The summed E-state index contributed by atoms with van der Waals surface area (Å²) in [6.45, 7) is 3.13. The molecular formula is C19H22N6O3. The van der Waals surface area contributed by atoms with Crippen molar-refractivity contribution in [3.8, 4) is 5.88 Å². The van der Waals surface area contributed by atoms with Crippen molar-refractivity contribution >= 4 is 16.9 Å². The Morgan fingerprint density at radius 1 is 1.21 bits per heavy atom. The smallest absolute Gasteiger partial charge is 0.264 e. The van der Waals surface area contributed by atoms with Gasteiger partial charge in [-0.25, -0.2) is 9.97 Å². The molecule has 0 spiro atoms. The molecule has 9 heteroatoms. The molecule has 0 atom stereocenters. The molecule has 3 aromatic heterocycles. The number of fused-ring (bicyclic) bond motifs is 1. The first-order chi connectivity index (χ1) is 13.5. The minimum atomic E-state index is -0.255. The molecule has 4 rings (SSSR count). The summed E-state index contributed by atoms with van der Waals surface area (Å²) in [7, 11) is 1.72. The standard InChI is InChI=1S/C19H22N6O3/c1-13-3-4-16(20-9-13)28-14-5-7-24(8-6-14)17(26)11-25-12-21-18-15(19(25)27)10-22-23(18)2/h3-4,9-10,12,14H,5-8,11H2,1-2H3. The van der Waals surface area contributed by atoms with E-state index in [1.165, 1.54) is 21.8 Å². The molecule has 28 heavy (non-hydrogen) atoms. The predicted octanol–water partition coefficient (Wildman–Crippen LogP) is 0.903. The topological polar surface area (TPSA) is 95.1 Å². The first-order valence-corrected chi connectivity index (χ1v) is 9.25. The third kappa shape index (κ3) is 3.60. The van der Waals surface area contributed by atoms with Crippen molar-refractivity contribution in [1.29, 1.82) is 0 Å². The Kier molecular flexibility index (Phi) is 4.81. The first-order valence-electron chi connectivity index (χ1n) is 9.25. The van der Waals surface area contributed by atoms with Crippen LogP contribution in [0.25, 0.3) is 11.0 Å². The van der Waals surface area contributed by atoms with E-state index in [4.69, 9.17) is 4.74 Å². The maximum Gasteiger partial charge on any atom is 0.264 e. The summed E-state index contributed by atoms with van der Waals surface area (Å²) in [5.41, 5.74) is 1.34. The van der Waals surface area contributed by atoms with Gasteiger partial charge in [-0.2, -0.15) is 5.10 Å². The van der Waals surface area contributed by atoms with Crippen molar-refractivity contribution < 1.29 is 9.53 Å². The molecule has 1 fully saturated rings. The summed E-state index contributed by atoms with van der Waals surface area (Å²) in [5, 5.41) is 4.45. The number of nitrogens with zero attached hydrogens (tertiary/aromatic N) is 6. The number of carbonyl (C=O) groups excluding carboxylic acids is 1. The molecule has 0 saturated carbocycles. The van der Waals surface area contributed by atoms with Crippen LogP contribution in [0.2, 0.25) is 0 Å². The molecule has 0 aromatic carbocycles. The fourth-order valence-electron chi connectivity index (χ4n) is 3.34. The SMILES string of the molecule is Cc1ccc(OC2CCN(C(=O)Cn3cnc4c(cnn4C)c3=O)CC2)nc1. The summed E-state index contributed by atoms with van der Waals surface area (Å²) in [4.78, 5) is 35.4. The zero-order valence-corrected chi connectivity index (χ0v) is 15.9. The summed E-state index contributed by atoms with van der Waals surface area (Å²) in [5.74, 6) is 0.511. The number of carbonyl (C=O) groups is 1. The molecule has 9 nitrogen and oxygen atoms in total. The maximum atomic E-state index is 12.6. The van der Waals surface area contributed by atoms with E-state index in [0.29, 0.717) is 30.0 Å². The van der Waals surface area contributed by atoms with Gasteiger partial charge in [-0.15, -0.1) is 0 Å². The molecule has 0 aliphatic carbocycles. The molecule has 4 heterocycles. The van der Waals surface area contributed by atoms with Crippen LogP contribution in [0.1, 0.15) is 18.4 Å². The first kappa shape index (κ1) is 18.1. The molecule has 0 radical (unpaired) electrons. The molecule has 0 unspecified atom stereocenters. The average molecular weight is 382 g/mol. The van der Waals surface area contributed by atoms with E-state index in [2.05, 4.69) is 15.1 Å². The number of rotatable bonds is 4. The number of ether oxygens (including phenoxy) is 1. The van der Waals surface area contributed by atoms with Crippen molar-refractivity contribution in [3.63, 3.8) is 0 Å². The Morgan fingerprint density at radius 2 is 2.00 bits per heavy atom. The van der Waals surface area contributed by atoms with Gasteiger partial charge in [0.2, 0.25) is 11.8 Å². The van der Waals surface area contributed by atoms with Gasteiger partial charge < -0.3 is 9.64 Å². The zero-order chi connectivity index (χ0) is 19.7. The quantitative estimate of drug-likeness (QED) is 0.665. The van der Waals surface area contributed by atoms with Gasteiger partial charge in [-0.05, 0) is 12.5 Å². The maximum absolute atomic E-state index is 12.6. The van der Waals surface area contributed by atoms with Crippen LogP contribution < -0.4 is 10.3 Å². The Balaban J connectivity index is 1.36. The van der Waals surface area contributed by atoms with Crippen LogP contribution in [-0.2, 0) is 18.4 Å². The number of hydrogen-bond donors (Lipinski definition) is 0. The second-order valence-electron chi connectivity index (χ2n) is 7.05. The number of piperidine rings is 1. The third-order valence-electron chi connectivity index (χ3n) is 4.99. The van der Waals surface area contributed by atoms with Gasteiger partial charge in [-0.1, -0.05) is 6.07 Å². The van der Waals surface area contributed by atoms with E-state index in [1.807, 2.05) is 19.1 Å². The second-order valence-corrected chi connectivity index (χ2v) is 7.05. The highest BCUT2D eigenvalue weighted by atomic mass is 16.5. The Hall–Kier alpha value is -3.23. The molecule has 0 N–H and O–H groups in total. The van der Waals surface area contributed by atoms with Gasteiger partial charge in [0.15, 0.2) is 5.65 Å². The monoisotopic (exact) mass is 382 g/mol. The van der Waals surface area contributed by atoms with Gasteiger partial charge in [-0.3, -0.25) is 18.8 Å². The number of aromatic nitrogens is 5. The van der Waals surface area contributed by atoms with E-state index >= 15 is 0 Å². The van der Waals surface area contributed by atoms with E-state index in [1.54, 1.807) is 18.1 Å². The highest BCUT2D eigenvalue weighted by molar-refractivity contribution is 5.77. The minimum Gasteiger partial charge on any atom is -0.474 e. The fraction of sp³-hybridized carbons (Fsp3) is 0.421. The number of likely N-dealkylation sites (tertiary alicyclic amines) is 1. The van der Waals surface area contributed by atoms with Crippen LogP contribution in [0.15, 0.2) is 35.6 Å². The van der Waals surface area contributed by atoms with Crippen LogP contribution in [0, 0.1) is 6.92 Å². The Labute approximate surface area is 161 Å². The number of hydrogen-bond acceptors (Lipinski definition) is 6. The van der Waals surface area contributed by atoms with Crippen molar-refractivity contribution in [3.05, 3.63) is 46.8 Å². The Morgan fingerprint density at radius 3 is 2.71 bits per heavy atom. The number of aryl methyl sites for hydroxylation is 2. The molecule has 3 aromatic rings. The lowest BCUT2D eigenvalue weighted by Gasteiger charge is -2.32. The van der Waals surface area contributed by atoms with Gasteiger partial charge in [0.1, 0.15) is 24.4 Å². The van der Waals surface area contributed by atoms with Gasteiger partial charge in [0.05, 0.1) is 6.20 Å². The molecule has 1 saturated heterocycles. The lowest BCUT2D eigenvalue weighted by molar-refractivity contribution is -0.133. The largest absolute Gasteiger partial charge is 0.474 e. The van der Waals surface area contributed by atoms with Crippen molar-refractivity contribution in [1.82, 2.24) is 29.2 Å². The summed E-state index contributed by atoms with van der Waals surface area (Å²) >= 11 is 0. The summed E-state index contributed by atoms with van der Waals surface area (Å²) < 4.78 is 8.78. The van der Waals surface area contributed by atoms with E-state index in [0.717, 1.165) is 18.4 Å². The normalized spacial score (nSPS) is 15.1. The highest BCUT2D eigenvalue weighted by Gasteiger charge is 2.24. The second kappa shape index (κ2) is 7.41. The fourth-order valence-corrected chi connectivity index (χ4v) is 3.34. The third-order valence-corrected chi connectivity index (χ3v) is 4.99. The van der Waals surface area contributed by atoms with Gasteiger partial charge in [0.25, 0.3) is 5.56 Å². The highest BCUT2D eigenvalue weighted by Crippen LogP contribution is 2.17. The number of amides is 1. The minimum absolute atomic E-state index is 0.0261. The molecule has 1 amide bonds. The van der Waals surface area contributed by atoms with Crippen molar-refractivity contribution in [2.45, 2.75) is 32.4 Å². The van der Waals surface area contributed by atoms with Crippen LogP contribution in [-0.4, -0.2) is 54.3 Å². The molecule has 146 valence electrons. The lowest BCUT2D eigenvalue weighted by atomic mass is 10.1. The zero-order valence-electron chi connectivity index (χ0n) is 15.9. The van der Waals surface area contributed by atoms with Crippen LogP contribution in [0.3, 0.4) is 0 Å². The summed E-state index contributed by atoms with van der Waals surface area (Å²) in [6.07, 6.45) is 6.16. The van der Waals surface area contributed by atoms with E-state index in [-0.39, 0.29) is 24.1 Å². The van der Waals surface area contributed by atoms with Gasteiger partial charge >= 0.3 is 0 Å². The van der Waals surface area contributed by atoms with Gasteiger partial charge in [0, 0.05) is 45.2 Å².